The number of rotatable bonds is 3. The predicted octanol–water partition coefficient (Wildman–Crippen LogP) is 3.13. The van der Waals surface area contributed by atoms with Crippen molar-refractivity contribution in [1.82, 2.24) is 9.88 Å². The van der Waals surface area contributed by atoms with E-state index in [1.165, 1.54) is 16.2 Å². The minimum atomic E-state index is -1.14. The number of anilines is 1. The molecule has 21 heavy (non-hydrogen) atoms. The minimum absolute atomic E-state index is 0.297. The van der Waals surface area contributed by atoms with Crippen LogP contribution in [0.5, 0.6) is 0 Å². The van der Waals surface area contributed by atoms with E-state index in [0.29, 0.717) is 24.0 Å². The summed E-state index contributed by atoms with van der Waals surface area (Å²) in [6.07, 6.45) is 2.12. The number of likely N-dealkylation sites (tertiary alicyclic amines) is 1. The van der Waals surface area contributed by atoms with Crippen molar-refractivity contribution < 1.29 is 14.7 Å². The zero-order valence-electron chi connectivity index (χ0n) is 12.5. The zero-order valence-corrected chi connectivity index (χ0v) is 13.4. The van der Waals surface area contributed by atoms with Gasteiger partial charge in [0.1, 0.15) is 5.54 Å². The van der Waals surface area contributed by atoms with Gasteiger partial charge >= 0.3 is 12.0 Å². The molecule has 0 aromatic carbocycles. The number of urea groups is 1. The Morgan fingerprint density at radius 3 is 2.76 bits per heavy atom. The van der Waals surface area contributed by atoms with Gasteiger partial charge in [0.15, 0.2) is 5.13 Å². The normalized spacial score (nSPS) is 22.4. The highest BCUT2D eigenvalue weighted by Crippen LogP contribution is 2.29. The van der Waals surface area contributed by atoms with Gasteiger partial charge in [-0.15, -0.1) is 11.3 Å². The Bertz CT molecular complexity index is 543. The average Bonchev–Trinajstić information content (AvgIpc) is 2.87. The largest absolute Gasteiger partial charge is 0.480 e. The molecule has 2 heterocycles. The van der Waals surface area contributed by atoms with E-state index < -0.39 is 11.5 Å². The van der Waals surface area contributed by atoms with Crippen LogP contribution in [-0.4, -0.2) is 39.1 Å². The van der Waals surface area contributed by atoms with Crippen molar-refractivity contribution >= 4 is 28.5 Å². The molecule has 1 fully saturated rings. The van der Waals surface area contributed by atoms with Crippen LogP contribution in [0.1, 0.15) is 51.6 Å². The molecule has 1 atom stereocenters. The predicted molar refractivity (Wildman–Crippen MR) is 81.8 cm³/mol. The Hall–Kier alpha value is -1.63. The van der Waals surface area contributed by atoms with Gasteiger partial charge in [-0.3, -0.25) is 5.32 Å². The Morgan fingerprint density at radius 2 is 2.19 bits per heavy atom. The average molecular weight is 311 g/mol. The summed E-state index contributed by atoms with van der Waals surface area (Å²) in [7, 11) is 0. The summed E-state index contributed by atoms with van der Waals surface area (Å²) in [6, 6.07) is -0.385. The Balaban J connectivity index is 2.12. The van der Waals surface area contributed by atoms with Gasteiger partial charge in [0.2, 0.25) is 0 Å². The van der Waals surface area contributed by atoms with E-state index in [1.807, 2.05) is 19.2 Å². The monoisotopic (exact) mass is 311 g/mol. The lowest BCUT2D eigenvalue weighted by Gasteiger charge is -2.41. The maximum absolute atomic E-state index is 12.4. The lowest BCUT2D eigenvalue weighted by Crippen LogP contribution is -2.58. The third-order valence-corrected chi connectivity index (χ3v) is 4.70. The van der Waals surface area contributed by atoms with E-state index in [-0.39, 0.29) is 6.03 Å². The van der Waals surface area contributed by atoms with Crippen LogP contribution in [-0.2, 0) is 4.79 Å². The highest BCUT2D eigenvalue weighted by Gasteiger charge is 2.44. The summed E-state index contributed by atoms with van der Waals surface area (Å²) in [5, 5.41) is 14.6. The van der Waals surface area contributed by atoms with Crippen molar-refractivity contribution in [3.8, 4) is 0 Å². The molecule has 2 rings (SSSR count). The lowest BCUT2D eigenvalue weighted by atomic mass is 9.89. The SMILES string of the molecule is CC(C)c1csc(NC(=O)N2CCCCC2(C)C(=O)O)n1. The van der Waals surface area contributed by atoms with Gasteiger partial charge in [-0.1, -0.05) is 13.8 Å². The number of piperidine rings is 1. The second kappa shape index (κ2) is 6.01. The number of thiazole rings is 1. The molecule has 6 nitrogen and oxygen atoms in total. The number of carboxylic acids is 1. The van der Waals surface area contributed by atoms with Crippen molar-refractivity contribution in [3.63, 3.8) is 0 Å². The third kappa shape index (κ3) is 3.18. The van der Waals surface area contributed by atoms with Gasteiger partial charge in [-0.25, -0.2) is 14.6 Å². The molecular formula is C14H21N3O3S. The van der Waals surface area contributed by atoms with Crippen molar-refractivity contribution in [2.45, 2.75) is 51.5 Å². The first-order chi connectivity index (χ1) is 9.84. The molecule has 2 N–H and O–H groups in total. The molecular weight excluding hydrogens is 290 g/mol. The highest BCUT2D eigenvalue weighted by atomic mass is 32.1. The van der Waals surface area contributed by atoms with Gasteiger partial charge < -0.3 is 10.0 Å². The first-order valence-corrected chi connectivity index (χ1v) is 8.00. The van der Waals surface area contributed by atoms with Crippen molar-refractivity contribution in [3.05, 3.63) is 11.1 Å². The number of nitrogens with zero attached hydrogens (tertiary/aromatic N) is 2. The maximum atomic E-state index is 12.4. The van der Waals surface area contributed by atoms with E-state index >= 15 is 0 Å². The van der Waals surface area contributed by atoms with Crippen LogP contribution >= 0.6 is 11.3 Å². The van der Waals surface area contributed by atoms with E-state index in [2.05, 4.69) is 10.3 Å². The maximum Gasteiger partial charge on any atom is 0.329 e. The molecule has 7 heteroatoms. The molecule has 1 aromatic heterocycles. The van der Waals surface area contributed by atoms with Crippen LogP contribution in [0.2, 0.25) is 0 Å². The van der Waals surface area contributed by atoms with E-state index in [0.717, 1.165) is 18.5 Å². The first kappa shape index (κ1) is 15.8. The van der Waals surface area contributed by atoms with Crippen LogP contribution in [0, 0.1) is 0 Å². The second-order valence-electron chi connectivity index (χ2n) is 5.85. The molecule has 0 spiro atoms. The third-order valence-electron chi connectivity index (χ3n) is 3.92. The molecule has 0 saturated carbocycles. The van der Waals surface area contributed by atoms with Gasteiger partial charge in [0.05, 0.1) is 5.69 Å². The van der Waals surface area contributed by atoms with Crippen molar-refractivity contribution in [2.75, 3.05) is 11.9 Å². The second-order valence-corrected chi connectivity index (χ2v) is 6.71. The number of carboxylic acid groups (broad SMARTS) is 1. The summed E-state index contributed by atoms with van der Waals surface area (Å²) >= 11 is 1.36. The van der Waals surface area contributed by atoms with Gasteiger partial charge in [0, 0.05) is 11.9 Å². The summed E-state index contributed by atoms with van der Waals surface area (Å²) in [6.45, 7) is 6.13. The van der Waals surface area contributed by atoms with Crippen LogP contribution in [0.25, 0.3) is 0 Å². The zero-order chi connectivity index (χ0) is 15.6. The summed E-state index contributed by atoms with van der Waals surface area (Å²) in [5.41, 5.74) is -0.213. The lowest BCUT2D eigenvalue weighted by molar-refractivity contribution is -0.150. The van der Waals surface area contributed by atoms with Crippen molar-refractivity contribution in [2.24, 2.45) is 0 Å². The van der Waals surface area contributed by atoms with E-state index in [9.17, 15) is 14.7 Å². The highest BCUT2D eigenvalue weighted by molar-refractivity contribution is 7.13. The standard InChI is InChI=1S/C14H21N3O3S/c1-9(2)10-8-21-12(15-10)16-13(20)17-7-5-4-6-14(17,3)11(18)19/h8-9H,4-7H2,1-3H3,(H,18,19)(H,15,16,20). The first-order valence-electron chi connectivity index (χ1n) is 7.12. The molecule has 2 amide bonds. The van der Waals surface area contributed by atoms with Crippen LogP contribution < -0.4 is 5.32 Å². The van der Waals surface area contributed by atoms with Crippen LogP contribution in [0.15, 0.2) is 5.38 Å². The molecule has 0 aliphatic carbocycles. The number of hydrogen-bond donors (Lipinski definition) is 2. The molecule has 1 aliphatic rings. The van der Waals surface area contributed by atoms with Crippen LogP contribution in [0.3, 0.4) is 0 Å². The van der Waals surface area contributed by atoms with Crippen molar-refractivity contribution in [1.29, 1.82) is 0 Å². The minimum Gasteiger partial charge on any atom is -0.480 e. The number of carbonyl (C=O) groups is 2. The van der Waals surface area contributed by atoms with Gasteiger partial charge in [0.25, 0.3) is 0 Å². The van der Waals surface area contributed by atoms with E-state index in [1.54, 1.807) is 6.92 Å². The van der Waals surface area contributed by atoms with Gasteiger partial charge in [-0.05, 0) is 32.1 Å². The number of hydrogen-bond acceptors (Lipinski definition) is 4. The number of aliphatic carboxylic acids is 1. The number of carbonyl (C=O) groups excluding carboxylic acids is 1. The summed E-state index contributed by atoms with van der Waals surface area (Å²) < 4.78 is 0. The Labute approximate surface area is 128 Å². The molecule has 116 valence electrons. The topological polar surface area (TPSA) is 82.5 Å². The molecule has 1 unspecified atom stereocenters. The fourth-order valence-electron chi connectivity index (χ4n) is 2.44. The smallest absolute Gasteiger partial charge is 0.329 e. The Kier molecular flexibility index (Phi) is 4.51. The number of aromatic nitrogens is 1. The number of amides is 2. The molecule has 1 aliphatic heterocycles. The Morgan fingerprint density at radius 1 is 1.48 bits per heavy atom. The summed E-state index contributed by atoms with van der Waals surface area (Å²) in [5.74, 6) is -0.662. The number of nitrogens with one attached hydrogen (secondary N) is 1. The molecule has 1 aromatic rings. The van der Waals surface area contributed by atoms with Gasteiger partial charge in [-0.2, -0.15) is 0 Å². The molecule has 1 saturated heterocycles. The molecule has 0 bridgehead atoms. The fourth-order valence-corrected chi connectivity index (χ4v) is 3.30. The summed E-state index contributed by atoms with van der Waals surface area (Å²) in [4.78, 5) is 29.6. The molecule has 0 radical (unpaired) electrons. The van der Waals surface area contributed by atoms with Crippen LogP contribution in [0.4, 0.5) is 9.93 Å². The quantitative estimate of drug-likeness (QED) is 0.898. The van der Waals surface area contributed by atoms with E-state index in [4.69, 9.17) is 0 Å². The fraction of sp³-hybridized carbons (Fsp3) is 0.643.